The van der Waals surface area contributed by atoms with Gasteiger partial charge in [0.25, 0.3) is 0 Å². The first kappa shape index (κ1) is 59.2. The summed E-state index contributed by atoms with van der Waals surface area (Å²) in [6.07, 6.45) is 1.55. The zero-order chi connectivity index (χ0) is 51.1. The van der Waals surface area contributed by atoms with E-state index in [9.17, 15) is 63.0 Å². The lowest BCUT2D eigenvalue weighted by Gasteiger charge is -2.25. The van der Waals surface area contributed by atoms with Crippen LogP contribution in [0, 0.1) is 35.5 Å². The number of rotatable bonds is 35. The van der Waals surface area contributed by atoms with Crippen molar-refractivity contribution in [3.8, 4) is 0 Å². The van der Waals surface area contributed by atoms with Crippen molar-refractivity contribution in [3.05, 3.63) is 0 Å². The van der Waals surface area contributed by atoms with Crippen molar-refractivity contribution in [1.82, 2.24) is 26.2 Å². The summed E-state index contributed by atoms with van der Waals surface area (Å²) in [7, 11) is 0. The van der Waals surface area contributed by atoms with E-state index in [2.05, 4.69) is 21.3 Å². The normalized spacial score (nSPS) is 19.1. The molecule has 2 saturated heterocycles. The van der Waals surface area contributed by atoms with Crippen molar-refractivity contribution >= 4 is 64.4 Å². The van der Waals surface area contributed by atoms with Crippen LogP contribution in [0.3, 0.4) is 0 Å². The van der Waals surface area contributed by atoms with Gasteiger partial charge < -0.3 is 47.8 Å². The van der Waals surface area contributed by atoms with Gasteiger partial charge in [0.05, 0.1) is 36.6 Å². The molecule has 0 aromatic heterocycles. The number of aliphatic hydroxyl groups excluding tert-OH is 1. The minimum atomic E-state index is -1.17. The molecule has 20 heteroatoms. The van der Waals surface area contributed by atoms with Gasteiger partial charge in [0, 0.05) is 82.9 Å². The Labute approximate surface area is 400 Å². The number of nitrogens with two attached hydrogens (primary N) is 2. The molecule has 68 heavy (non-hydrogen) atoms. The van der Waals surface area contributed by atoms with Crippen LogP contribution in [0.1, 0.15) is 144 Å². The largest absolute Gasteiger partial charge is 0.481 e. The van der Waals surface area contributed by atoms with Crippen LogP contribution in [0.25, 0.3) is 0 Å². The summed E-state index contributed by atoms with van der Waals surface area (Å²) in [6, 6.07) is -3.43. The smallest absolute Gasteiger partial charge is 0.306 e. The first-order valence-electron chi connectivity index (χ1n) is 24.4. The quantitative estimate of drug-likeness (QED) is 0.0412. The zero-order valence-electron chi connectivity index (χ0n) is 40.8. The molecule has 0 saturated carbocycles. The van der Waals surface area contributed by atoms with Crippen LogP contribution in [0.2, 0.25) is 0 Å². The molecule has 5 amide bonds. The van der Waals surface area contributed by atoms with Gasteiger partial charge in [0.2, 0.25) is 29.5 Å². The summed E-state index contributed by atoms with van der Waals surface area (Å²) in [4.78, 5) is 144. The van der Waals surface area contributed by atoms with E-state index in [1.165, 1.54) is 11.8 Å². The van der Waals surface area contributed by atoms with Gasteiger partial charge in [-0.1, -0.05) is 34.1 Å². The van der Waals surface area contributed by atoms with Crippen LogP contribution in [-0.4, -0.2) is 136 Å². The lowest BCUT2D eigenvalue weighted by atomic mass is 9.88. The molecule has 20 nitrogen and oxygen atoms in total. The number of Topliss-reactive ketones (excluding diaryl/α,β-unsaturated/α-hetero) is 5. The van der Waals surface area contributed by atoms with Gasteiger partial charge in [-0.05, 0) is 82.6 Å². The minimum absolute atomic E-state index is 0.0292. The van der Waals surface area contributed by atoms with Crippen molar-refractivity contribution < 1.29 is 63.0 Å². The maximum absolute atomic E-state index is 13.6. The molecule has 2 heterocycles. The van der Waals surface area contributed by atoms with Gasteiger partial charge in [-0.25, -0.2) is 0 Å². The number of likely N-dealkylation sites (tertiary alicyclic amines) is 1. The third kappa shape index (κ3) is 21.6. The second-order valence-electron chi connectivity index (χ2n) is 19.6. The second kappa shape index (κ2) is 30.5. The molecule has 0 aliphatic carbocycles. The summed E-state index contributed by atoms with van der Waals surface area (Å²) < 4.78 is 0. The van der Waals surface area contributed by atoms with Gasteiger partial charge in [0.15, 0.2) is 23.1 Å². The molecule has 2 aliphatic heterocycles. The molecule has 2 fully saturated rings. The number of aliphatic hydroxyl groups is 1. The van der Waals surface area contributed by atoms with E-state index in [1.807, 2.05) is 27.7 Å². The van der Waals surface area contributed by atoms with Crippen molar-refractivity contribution in [3.63, 3.8) is 0 Å². The molecule has 0 aromatic rings. The van der Waals surface area contributed by atoms with E-state index in [1.54, 1.807) is 0 Å². The molecule has 0 aromatic carbocycles. The Hall–Kier alpha value is -4.95. The number of hydrogen-bond donors (Lipinski definition) is 8. The van der Waals surface area contributed by atoms with Crippen LogP contribution in [-0.2, 0) is 52.7 Å². The Morgan fingerprint density at radius 2 is 1.40 bits per heavy atom. The molecule has 0 unspecified atom stereocenters. The number of carboxylic acids is 1. The van der Waals surface area contributed by atoms with Crippen LogP contribution in [0.15, 0.2) is 0 Å². The molecule has 2 aliphatic rings. The topological polar surface area (TPSA) is 332 Å². The van der Waals surface area contributed by atoms with Crippen LogP contribution in [0.4, 0.5) is 0 Å². The number of nitrogens with zero attached hydrogens (tertiary/aromatic N) is 1. The standard InChI is InChI=1S/C48H79N7O13/c1-28(2)19-33(47(66)53-30(5)39(58)13-16-45(64)55-18-8-10-38(55)42(61)23-32(48(67)68)9-6-7-17-49)22-35(57)26-52-46(65)34(20-29(3)4)24-41(60)36(11-14-43(50)62)54-44(63)15-12-40(59)37-21-31(27-56)25-51-37/h28-34,36-38,51,56H,6-27,49H2,1-5H3,(H2,50,62)(H,52,65)(H,53,66)(H,54,63)(H,67,68)/t30-,31+,32+,33+,34+,36-,37-,38-/m0/s1. The van der Waals surface area contributed by atoms with Crippen LogP contribution in [0.5, 0.6) is 0 Å². The molecule has 0 spiro atoms. The van der Waals surface area contributed by atoms with Crippen LogP contribution < -0.4 is 32.7 Å². The molecule has 10 N–H and O–H groups in total. The third-order valence-corrected chi connectivity index (χ3v) is 12.7. The van der Waals surface area contributed by atoms with Gasteiger partial charge in [-0.15, -0.1) is 0 Å². The van der Waals surface area contributed by atoms with E-state index in [4.69, 9.17) is 11.5 Å². The Bertz CT molecular complexity index is 1770. The van der Waals surface area contributed by atoms with E-state index in [0.717, 1.165) is 0 Å². The Balaban J connectivity index is 1.98. The highest BCUT2D eigenvalue weighted by Crippen LogP contribution is 2.25. The minimum Gasteiger partial charge on any atom is -0.481 e. The Morgan fingerprint density at radius 3 is 1.99 bits per heavy atom. The number of amides is 5. The fourth-order valence-electron chi connectivity index (χ4n) is 8.87. The lowest BCUT2D eigenvalue weighted by Crippen LogP contribution is -2.45. The first-order valence-corrected chi connectivity index (χ1v) is 24.4. The fraction of sp³-hybridized carbons (Fsp3) is 0.771. The highest BCUT2D eigenvalue weighted by molar-refractivity contribution is 5.97. The molecular formula is C48H79N7O13. The van der Waals surface area contributed by atoms with Crippen LogP contribution >= 0.6 is 0 Å². The summed E-state index contributed by atoms with van der Waals surface area (Å²) >= 11 is 0. The average molecular weight is 962 g/mol. The van der Waals surface area contributed by atoms with Crippen molar-refractivity contribution in [2.75, 3.05) is 32.8 Å². The van der Waals surface area contributed by atoms with Crippen molar-refractivity contribution in [1.29, 1.82) is 0 Å². The highest BCUT2D eigenvalue weighted by Gasteiger charge is 2.37. The number of carboxylic acid groups (broad SMARTS) is 1. The predicted octanol–water partition coefficient (Wildman–Crippen LogP) is 1.05. The molecule has 384 valence electrons. The van der Waals surface area contributed by atoms with Gasteiger partial charge in [0.1, 0.15) is 5.78 Å². The summed E-state index contributed by atoms with van der Waals surface area (Å²) in [5, 5.41) is 29.9. The molecule has 0 bridgehead atoms. The predicted molar refractivity (Wildman–Crippen MR) is 250 cm³/mol. The Morgan fingerprint density at radius 1 is 0.735 bits per heavy atom. The van der Waals surface area contributed by atoms with Gasteiger partial charge in [-0.3, -0.25) is 52.7 Å². The molecular weight excluding hydrogens is 883 g/mol. The zero-order valence-corrected chi connectivity index (χ0v) is 40.8. The summed E-state index contributed by atoms with van der Waals surface area (Å²) in [5.74, 6) is -8.71. The molecule has 8 atom stereocenters. The van der Waals surface area contributed by atoms with Crippen molar-refractivity contribution in [2.24, 2.45) is 47.0 Å². The summed E-state index contributed by atoms with van der Waals surface area (Å²) in [6.45, 7) is 9.59. The number of carbonyl (C=O) groups is 11. The van der Waals surface area contributed by atoms with E-state index in [0.29, 0.717) is 58.2 Å². The lowest BCUT2D eigenvalue weighted by molar-refractivity contribution is -0.145. The van der Waals surface area contributed by atoms with E-state index >= 15 is 0 Å². The highest BCUT2D eigenvalue weighted by atomic mass is 16.4. The molecule has 2 rings (SSSR count). The number of aliphatic carboxylic acids is 1. The second-order valence-corrected chi connectivity index (χ2v) is 19.6. The number of carbonyl (C=O) groups excluding carboxylic acids is 10. The maximum Gasteiger partial charge on any atom is 0.306 e. The number of unbranched alkanes of at least 4 members (excludes halogenated alkanes) is 1. The number of hydrogen-bond acceptors (Lipinski definition) is 14. The monoisotopic (exact) mass is 962 g/mol. The fourth-order valence-corrected chi connectivity index (χ4v) is 8.87. The average Bonchev–Trinajstić information content (AvgIpc) is 3.98. The van der Waals surface area contributed by atoms with Gasteiger partial charge in [-0.2, -0.15) is 0 Å². The maximum atomic E-state index is 13.6. The first-order chi connectivity index (χ1) is 32.1. The van der Waals surface area contributed by atoms with Gasteiger partial charge >= 0.3 is 5.97 Å². The number of primary amides is 1. The van der Waals surface area contributed by atoms with Crippen molar-refractivity contribution in [2.45, 2.75) is 168 Å². The third-order valence-electron chi connectivity index (χ3n) is 12.7. The Kier molecular flexibility index (Phi) is 26.6. The SMILES string of the molecule is CC(C)C[C@H](CC(=O)[C@H](CCC(N)=O)NC(=O)CCC(=O)[C@@H]1C[C@@H](CO)CN1)C(=O)NCC(=O)C[C@@H](CC(C)C)C(=O)N[C@@H](C)C(=O)CCC(=O)N1CCC[C@H]1C(=O)C[C@@H](CCCCN)C(=O)O. The number of ketones is 5. The van der Waals surface area contributed by atoms with E-state index in [-0.39, 0.29) is 107 Å². The number of nitrogens with one attached hydrogen (secondary N) is 4. The van der Waals surface area contributed by atoms with E-state index < -0.39 is 101 Å². The molecule has 0 radical (unpaired) electrons. The summed E-state index contributed by atoms with van der Waals surface area (Å²) in [5.41, 5.74) is 10.9.